The Labute approximate surface area is 207 Å². The molecule has 1 N–H and O–H groups in total. The van der Waals surface area contributed by atoms with E-state index in [1.54, 1.807) is 14.2 Å². The molecule has 0 bridgehead atoms. The molecule has 0 saturated carbocycles. The number of nitrogens with one attached hydrogen (secondary N) is 1. The topological polar surface area (TPSA) is 68.2 Å². The molecule has 0 spiro atoms. The molecule has 7 heteroatoms. The summed E-state index contributed by atoms with van der Waals surface area (Å²) in [6, 6.07) is 18.1. The normalized spacial score (nSPS) is 13.6. The molecule has 7 nitrogen and oxygen atoms in total. The molecular weight excluding hydrogens is 440 g/mol. The minimum absolute atomic E-state index is 0.498. The molecule has 184 valence electrons. The summed E-state index contributed by atoms with van der Waals surface area (Å²) in [7, 11) is 3.28. The number of ether oxygens (including phenoxy) is 3. The second kappa shape index (κ2) is 12.1. The van der Waals surface area contributed by atoms with Crippen molar-refractivity contribution in [3.05, 3.63) is 71.3 Å². The van der Waals surface area contributed by atoms with Crippen molar-refractivity contribution < 1.29 is 14.2 Å². The van der Waals surface area contributed by atoms with Crippen molar-refractivity contribution in [3.63, 3.8) is 0 Å². The van der Waals surface area contributed by atoms with E-state index < -0.39 is 0 Å². The third-order valence-electron chi connectivity index (χ3n) is 6.01. The van der Waals surface area contributed by atoms with Crippen molar-refractivity contribution in [1.82, 2.24) is 4.98 Å². The predicted octanol–water partition coefficient (Wildman–Crippen LogP) is 5.47. The number of aryl methyl sites for hydroxylation is 1. The number of benzene rings is 2. The van der Waals surface area contributed by atoms with E-state index in [0.29, 0.717) is 18.2 Å². The maximum absolute atomic E-state index is 6.09. The maximum Gasteiger partial charge on any atom is 0.217 e. The molecule has 0 aliphatic carbocycles. The van der Waals surface area contributed by atoms with E-state index in [4.69, 9.17) is 19.2 Å². The third-order valence-corrected chi connectivity index (χ3v) is 6.01. The standard InChI is InChI=1S/C28H34N4O3/c1-21-8-7-9-23(16-21)20-29-31-24-18-27(32-13-5-4-6-14-32)30-28(19-24)35-15-12-22-10-11-25(33-2)26(17-22)34-3/h7-11,16-20H,4-6,12-15H2,1-3H3,(H,30,31)/b29-20+. The second-order valence-electron chi connectivity index (χ2n) is 8.67. The molecule has 1 aliphatic rings. The van der Waals surface area contributed by atoms with Crippen molar-refractivity contribution in [2.45, 2.75) is 32.6 Å². The van der Waals surface area contributed by atoms with Gasteiger partial charge in [-0.2, -0.15) is 10.1 Å². The average molecular weight is 475 g/mol. The second-order valence-corrected chi connectivity index (χ2v) is 8.67. The highest BCUT2D eigenvalue weighted by molar-refractivity contribution is 5.80. The van der Waals surface area contributed by atoms with Crippen molar-refractivity contribution in [1.29, 1.82) is 0 Å². The number of nitrogens with zero attached hydrogens (tertiary/aromatic N) is 3. The molecule has 0 radical (unpaired) electrons. The van der Waals surface area contributed by atoms with Crippen molar-refractivity contribution in [2.75, 3.05) is 44.2 Å². The summed E-state index contributed by atoms with van der Waals surface area (Å²) >= 11 is 0. The smallest absolute Gasteiger partial charge is 0.217 e. The minimum Gasteiger partial charge on any atom is -0.493 e. The van der Waals surface area contributed by atoms with Crippen LogP contribution in [0.25, 0.3) is 0 Å². The van der Waals surface area contributed by atoms with Gasteiger partial charge in [0.1, 0.15) is 5.82 Å². The first-order chi connectivity index (χ1) is 17.1. The number of piperidine rings is 1. The first kappa shape index (κ1) is 24.4. The Morgan fingerprint density at radius 1 is 0.971 bits per heavy atom. The largest absolute Gasteiger partial charge is 0.493 e. The first-order valence-corrected chi connectivity index (χ1v) is 12.1. The van der Waals surface area contributed by atoms with E-state index in [1.165, 1.54) is 24.8 Å². The van der Waals surface area contributed by atoms with Gasteiger partial charge in [-0.15, -0.1) is 0 Å². The van der Waals surface area contributed by atoms with Crippen LogP contribution in [0.3, 0.4) is 0 Å². The van der Waals surface area contributed by atoms with Crippen molar-refractivity contribution in [2.24, 2.45) is 5.10 Å². The molecule has 1 saturated heterocycles. The number of rotatable bonds is 10. The van der Waals surface area contributed by atoms with Gasteiger partial charge in [0.15, 0.2) is 11.5 Å². The minimum atomic E-state index is 0.498. The van der Waals surface area contributed by atoms with Crippen molar-refractivity contribution in [3.8, 4) is 17.4 Å². The molecule has 35 heavy (non-hydrogen) atoms. The highest BCUT2D eigenvalue weighted by Crippen LogP contribution is 2.28. The lowest BCUT2D eigenvalue weighted by molar-refractivity contribution is 0.309. The quantitative estimate of drug-likeness (QED) is 0.311. The number of hydrazone groups is 1. The van der Waals surface area contributed by atoms with Crippen LogP contribution in [0.4, 0.5) is 11.5 Å². The van der Waals surface area contributed by atoms with E-state index in [2.05, 4.69) is 34.5 Å². The Kier molecular flexibility index (Phi) is 8.44. The van der Waals surface area contributed by atoms with Gasteiger partial charge < -0.3 is 19.1 Å². The van der Waals surface area contributed by atoms with Gasteiger partial charge in [0.05, 0.1) is 32.7 Å². The summed E-state index contributed by atoms with van der Waals surface area (Å²) in [5.41, 5.74) is 7.37. The Morgan fingerprint density at radius 2 is 1.80 bits per heavy atom. The molecular formula is C28H34N4O3. The van der Waals surface area contributed by atoms with Crippen LogP contribution in [0.5, 0.6) is 17.4 Å². The fraction of sp³-hybridized carbons (Fsp3) is 0.357. The average Bonchev–Trinajstić information content (AvgIpc) is 2.89. The van der Waals surface area contributed by atoms with Gasteiger partial charge in [-0.05, 0) is 49.4 Å². The summed E-state index contributed by atoms with van der Waals surface area (Å²) in [4.78, 5) is 7.11. The Hall–Kier alpha value is -3.74. The van der Waals surface area contributed by atoms with Crippen LogP contribution in [0.15, 0.2) is 59.7 Å². The summed E-state index contributed by atoms with van der Waals surface area (Å²) < 4.78 is 16.8. The van der Waals surface area contributed by atoms with E-state index in [9.17, 15) is 0 Å². The monoisotopic (exact) mass is 474 g/mol. The van der Waals surface area contributed by atoms with E-state index in [1.807, 2.05) is 48.7 Å². The van der Waals surface area contributed by atoms with Gasteiger partial charge >= 0.3 is 0 Å². The number of hydrogen-bond donors (Lipinski definition) is 1. The highest BCUT2D eigenvalue weighted by atomic mass is 16.5. The van der Waals surface area contributed by atoms with Crippen LogP contribution in [-0.4, -0.2) is 45.1 Å². The number of aromatic nitrogens is 1. The van der Waals surface area contributed by atoms with Gasteiger partial charge in [-0.1, -0.05) is 35.9 Å². The third kappa shape index (κ3) is 6.88. The lowest BCUT2D eigenvalue weighted by atomic mass is 10.1. The van der Waals surface area contributed by atoms with Crippen LogP contribution < -0.4 is 24.5 Å². The molecule has 0 amide bonds. The van der Waals surface area contributed by atoms with Crippen LogP contribution in [0.1, 0.15) is 36.0 Å². The number of methoxy groups -OCH3 is 2. The molecule has 1 aromatic heterocycles. The molecule has 4 rings (SSSR count). The predicted molar refractivity (Wildman–Crippen MR) is 141 cm³/mol. The number of pyridine rings is 1. The molecule has 3 aromatic rings. The Morgan fingerprint density at radius 3 is 2.57 bits per heavy atom. The highest BCUT2D eigenvalue weighted by Gasteiger charge is 2.15. The summed E-state index contributed by atoms with van der Waals surface area (Å²) in [5, 5.41) is 4.44. The Balaban J connectivity index is 1.46. The zero-order valence-corrected chi connectivity index (χ0v) is 20.8. The fourth-order valence-corrected chi connectivity index (χ4v) is 4.16. The molecule has 0 unspecified atom stereocenters. The molecule has 2 heterocycles. The van der Waals surface area contributed by atoms with Gasteiger partial charge in [0.2, 0.25) is 5.88 Å². The van der Waals surface area contributed by atoms with Crippen LogP contribution in [-0.2, 0) is 6.42 Å². The van der Waals surface area contributed by atoms with Gasteiger partial charge in [-0.3, -0.25) is 5.43 Å². The number of hydrogen-bond acceptors (Lipinski definition) is 7. The van der Waals surface area contributed by atoms with Gasteiger partial charge in [-0.25, -0.2) is 0 Å². The van der Waals surface area contributed by atoms with E-state index in [-0.39, 0.29) is 0 Å². The molecule has 1 aliphatic heterocycles. The molecule has 1 fully saturated rings. The van der Waals surface area contributed by atoms with Crippen molar-refractivity contribution >= 4 is 17.7 Å². The van der Waals surface area contributed by atoms with Crippen LogP contribution in [0, 0.1) is 6.92 Å². The zero-order valence-electron chi connectivity index (χ0n) is 20.8. The van der Waals surface area contributed by atoms with Gasteiger partial charge in [0.25, 0.3) is 0 Å². The van der Waals surface area contributed by atoms with Crippen LogP contribution in [0.2, 0.25) is 0 Å². The molecule has 0 atom stereocenters. The van der Waals surface area contributed by atoms with E-state index in [0.717, 1.165) is 47.9 Å². The zero-order chi connectivity index (χ0) is 24.5. The van der Waals surface area contributed by atoms with Gasteiger partial charge in [0, 0.05) is 31.6 Å². The maximum atomic E-state index is 6.09. The summed E-state index contributed by atoms with van der Waals surface area (Å²) in [6.07, 6.45) is 6.18. The summed E-state index contributed by atoms with van der Waals surface area (Å²) in [6.45, 7) is 4.59. The number of anilines is 2. The fourth-order valence-electron chi connectivity index (χ4n) is 4.16. The van der Waals surface area contributed by atoms with E-state index >= 15 is 0 Å². The lowest BCUT2D eigenvalue weighted by Crippen LogP contribution is -2.30. The lowest BCUT2D eigenvalue weighted by Gasteiger charge is -2.28. The van der Waals surface area contributed by atoms with Crippen LogP contribution >= 0.6 is 0 Å². The molecule has 2 aromatic carbocycles. The Bertz CT molecular complexity index is 1140. The SMILES string of the molecule is COc1ccc(CCOc2cc(N/N=C/c3cccc(C)c3)cc(N3CCCCC3)n2)cc1OC. The first-order valence-electron chi connectivity index (χ1n) is 12.1. The summed E-state index contributed by atoms with van der Waals surface area (Å²) in [5.74, 6) is 2.94.